The Labute approximate surface area is 184 Å². The van der Waals surface area contributed by atoms with Gasteiger partial charge in [-0.15, -0.1) is 0 Å². The Morgan fingerprint density at radius 3 is 2.39 bits per heavy atom. The van der Waals surface area contributed by atoms with E-state index < -0.39 is 59.8 Å². The van der Waals surface area contributed by atoms with Crippen LogP contribution >= 0.6 is 23.5 Å². The number of nitrogens with one attached hydrogen (secondary N) is 1. The van der Waals surface area contributed by atoms with Crippen LogP contribution in [0.1, 0.15) is 18.2 Å². The zero-order valence-electron chi connectivity index (χ0n) is 16.6. The molecule has 2 rings (SSSR count). The first-order chi connectivity index (χ1) is 14.6. The van der Waals surface area contributed by atoms with Gasteiger partial charge in [0.15, 0.2) is 0 Å². The third-order valence-corrected chi connectivity index (χ3v) is 7.56. The minimum Gasteiger partial charge on any atom is -0.390 e. The number of nitrogens with zero attached hydrogens (tertiary/aromatic N) is 1. The smallest absolute Gasteiger partial charge is 0.390 e. The molecule has 18 nitrogen and oxygen atoms in total. The Bertz CT molecular complexity index is 1110. The van der Waals surface area contributed by atoms with Crippen LogP contribution in [-0.4, -0.2) is 59.6 Å². The highest BCUT2D eigenvalue weighted by atomic mass is 31.3. The minimum atomic E-state index is -5.70. The average Bonchev–Trinajstić information content (AvgIpc) is 2.97. The van der Waals surface area contributed by atoms with E-state index >= 15 is 0 Å². The molecule has 0 aromatic carbocycles. The van der Waals surface area contributed by atoms with Crippen LogP contribution < -0.4 is 23.1 Å². The summed E-state index contributed by atoms with van der Waals surface area (Å²) in [6, 6.07) is 0. The normalized spacial score (nSPS) is 24.8. The molecule has 33 heavy (non-hydrogen) atoms. The van der Waals surface area contributed by atoms with Crippen LogP contribution in [0.5, 0.6) is 0 Å². The van der Waals surface area contributed by atoms with E-state index in [-0.39, 0.29) is 24.7 Å². The van der Waals surface area contributed by atoms with Gasteiger partial charge < -0.3 is 41.3 Å². The quantitative estimate of drug-likeness (QED) is 0.159. The number of aliphatic hydroxyl groups excluding tert-OH is 1. The first-order valence-electron chi connectivity index (χ1n) is 8.46. The van der Waals surface area contributed by atoms with Crippen LogP contribution in [0.25, 0.3) is 6.08 Å². The number of aliphatic hydroxyl groups is 1. The largest absolute Gasteiger partial charge is 0.490 e. The highest BCUT2D eigenvalue weighted by Crippen LogP contribution is 2.66. The van der Waals surface area contributed by atoms with Crippen LogP contribution in [0.15, 0.2) is 21.9 Å². The Hall–Kier alpha value is -1.33. The van der Waals surface area contributed by atoms with Crippen molar-refractivity contribution >= 4 is 29.5 Å². The molecule has 2 unspecified atom stereocenters. The lowest BCUT2D eigenvalue weighted by molar-refractivity contribution is -0.0450. The molecule has 1 saturated heterocycles. The number of ether oxygens (including phenoxy) is 1. The number of aromatic amines is 1. The Balaban J connectivity index is 0.00000544. The van der Waals surface area contributed by atoms with E-state index in [4.69, 9.17) is 25.2 Å². The van der Waals surface area contributed by atoms with Gasteiger partial charge in [-0.3, -0.25) is 18.9 Å². The van der Waals surface area contributed by atoms with Gasteiger partial charge in [-0.05, 0) is 0 Å². The molecule has 0 spiro atoms. The predicted octanol–water partition coefficient (Wildman–Crippen LogP) is -1.34. The molecule has 1 aromatic rings. The second-order valence-corrected chi connectivity index (χ2v) is 10.6. The highest BCUT2D eigenvalue weighted by molar-refractivity contribution is 7.66. The highest BCUT2D eigenvalue weighted by Gasteiger charge is 2.43. The van der Waals surface area contributed by atoms with Gasteiger partial charge in [-0.1, -0.05) is 12.2 Å². The summed E-state index contributed by atoms with van der Waals surface area (Å²) in [7, 11) is -16.7. The summed E-state index contributed by atoms with van der Waals surface area (Å²) >= 11 is 0. The van der Waals surface area contributed by atoms with Gasteiger partial charge in [0.1, 0.15) is 12.3 Å². The molecule has 0 bridgehead atoms. The number of aromatic nitrogens is 2. The molecule has 5 atom stereocenters. The first kappa shape index (κ1) is 29.7. The molecular formula is C12H23N4O14P3. The van der Waals surface area contributed by atoms with Gasteiger partial charge in [0, 0.05) is 19.2 Å². The van der Waals surface area contributed by atoms with Crippen molar-refractivity contribution in [2.75, 3.05) is 13.2 Å². The third kappa shape index (κ3) is 9.09. The molecule has 1 aliphatic heterocycles. The summed E-state index contributed by atoms with van der Waals surface area (Å²) in [6.45, 7) is -0.778. The van der Waals surface area contributed by atoms with Crippen LogP contribution in [0, 0.1) is 0 Å². The molecule has 11 N–H and O–H groups in total. The minimum absolute atomic E-state index is 0. The molecule has 2 heterocycles. The van der Waals surface area contributed by atoms with Gasteiger partial charge in [0.05, 0.1) is 18.3 Å². The van der Waals surface area contributed by atoms with Crippen molar-refractivity contribution in [3.63, 3.8) is 0 Å². The Kier molecular flexibility index (Phi) is 10.3. The second kappa shape index (κ2) is 11.4. The third-order valence-electron chi connectivity index (χ3n) is 3.76. The molecule has 1 fully saturated rings. The zero-order valence-corrected chi connectivity index (χ0v) is 19.3. The van der Waals surface area contributed by atoms with E-state index in [0.29, 0.717) is 0 Å². The fraction of sp³-hybridized carbons (Fsp3) is 0.500. The van der Waals surface area contributed by atoms with Gasteiger partial charge in [0.25, 0.3) is 5.56 Å². The van der Waals surface area contributed by atoms with Gasteiger partial charge in [-0.2, -0.15) is 8.62 Å². The van der Waals surface area contributed by atoms with Gasteiger partial charge in [0.2, 0.25) is 0 Å². The van der Waals surface area contributed by atoms with Crippen molar-refractivity contribution in [1.82, 2.24) is 15.7 Å². The molecule has 1 aromatic heterocycles. The SMILES string of the molecule is N.NC/C=C/c1cn([C@H]2C[C@H](O)[C@@H](COP(=O)(O)OP(=O)(O)OP(=O)(O)O)O2)c(=O)[nH]c1=O. The Morgan fingerprint density at radius 2 is 1.82 bits per heavy atom. The summed E-state index contributed by atoms with van der Waals surface area (Å²) in [5, 5.41) is 10.1. The molecular weight excluding hydrogens is 517 g/mol. The average molecular weight is 540 g/mol. The molecule has 21 heteroatoms. The van der Waals surface area contributed by atoms with Gasteiger partial charge >= 0.3 is 29.2 Å². The van der Waals surface area contributed by atoms with Crippen LogP contribution in [0.3, 0.4) is 0 Å². The second-order valence-electron chi connectivity index (χ2n) is 6.21. The van der Waals surface area contributed by atoms with Crippen molar-refractivity contribution in [1.29, 1.82) is 0 Å². The number of rotatable bonds is 10. The van der Waals surface area contributed by atoms with Crippen molar-refractivity contribution < 1.29 is 56.3 Å². The molecule has 0 saturated carbocycles. The summed E-state index contributed by atoms with van der Waals surface area (Å²) in [4.78, 5) is 61.5. The van der Waals surface area contributed by atoms with E-state index in [9.17, 15) is 33.3 Å². The van der Waals surface area contributed by atoms with Crippen molar-refractivity contribution in [2.45, 2.75) is 24.9 Å². The van der Waals surface area contributed by atoms with Crippen molar-refractivity contribution in [3.8, 4) is 0 Å². The maximum Gasteiger partial charge on any atom is 0.490 e. The van der Waals surface area contributed by atoms with Crippen molar-refractivity contribution in [3.05, 3.63) is 38.7 Å². The summed E-state index contributed by atoms with van der Waals surface area (Å²) < 4.78 is 51.6. The topological polar surface area (TPSA) is 305 Å². The molecule has 1 aliphatic rings. The number of hydrogen-bond acceptors (Lipinski definition) is 12. The van der Waals surface area contributed by atoms with E-state index in [0.717, 1.165) is 10.8 Å². The summed E-state index contributed by atoms with van der Waals surface area (Å²) in [6.07, 6.45) is -0.0802. The lowest BCUT2D eigenvalue weighted by Crippen LogP contribution is -2.33. The predicted molar refractivity (Wildman–Crippen MR) is 109 cm³/mol. The molecule has 190 valence electrons. The van der Waals surface area contributed by atoms with E-state index in [1.54, 1.807) is 0 Å². The maximum absolute atomic E-state index is 12.1. The van der Waals surface area contributed by atoms with Crippen LogP contribution in [0.2, 0.25) is 0 Å². The molecule has 0 amide bonds. The monoisotopic (exact) mass is 540 g/mol. The van der Waals surface area contributed by atoms with E-state index in [1.807, 2.05) is 4.98 Å². The van der Waals surface area contributed by atoms with Crippen LogP contribution in [0.4, 0.5) is 0 Å². The van der Waals surface area contributed by atoms with Crippen molar-refractivity contribution in [2.24, 2.45) is 5.73 Å². The maximum atomic E-state index is 12.1. The number of hydrogen-bond donors (Lipinski definition) is 8. The standard InChI is InChI=1S/C12H20N3O14P3.H3N/c13-3-1-2-7-5-15(12(18)14-11(7)17)10-4-8(16)9(27-10)6-26-31(22,23)29-32(24,25)28-30(19,20)21;/h1-2,5,8-10,16H,3-4,6,13H2,(H,22,23)(H,24,25)(H,14,17,18)(H2,19,20,21);1H3/b2-1+;/t8-,9+,10+;/m0./s1. The number of phosphoric acid groups is 3. The first-order valence-corrected chi connectivity index (χ1v) is 13.0. The number of nitrogens with two attached hydrogens (primary N) is 1. The fourth-order valence-electron chi connectivity index (χ4n) is 2.54. The van der Waals surface area contributed by atoms with Crippen LogP contribution in [-0.2, 0) is 31.6 Å². The summed E-state index contributed by atoms with van der Waals surface area (Å²) in [5.74, 6) is 0. The lowest BCUT2D eigenvalue weighted by atomic mass is 10.2. The lowest BCUT2D eigenvalue weighted by Gasteiger charge is -2.19. The number of H-pyrrole nitrogens is 1. The molecule has 0 aliphatic carbocycles. The number of phosphoric ester groups is 1. The Morgan fingerprint density at radius 1 is 1.18 bits per heavy atom. The summed E-state index contributed by atoms with van der Waals surface area (Å²) in [5.41, 5.74) is 3.81. The fourth-order valence-corrected chi connectivity index (χ4v) is 5.57. The molecule has 0 radical (unpaired) electrons. The van der Waals surface area contributed by atoms with Gasteiger partial charge in [-0.25, -0.2) is 18.5 Å². The zero-order chi connectivity index (χ0) is 24.3. The van der Waals surface area contributed by atoms with E-state index in [2.05, 4.69) is 13.1 Å². The van der Waals surface area contributed by atoms with E-state index in [1.165, 1.54) is 12.2 Å².